The van der Waals surface area contributed by atoms with Gasteiger partial charge in [-0.15, -0.1) is 0 Å². The highest BCUT2D eigenvalue weighted by Gasteiger charge is 2.85. The van der Waals surface area contributed by atoms with Crippen molar-refractivity contribution in [2.75, 3.05) is 19.6 Å². The minimum absolute atomic E-state index is 0.000174. The molecule has 4 saturated carbocycles. The minimum atomic E-state index is -1.11. The maximum Gasteiger partial charge on any atom is 0.289 e. The fourth-order valence-corrected chi connectivity index (χ4v) is 11.2. The standard InChI is InChI=1S/C42H67FN6O6/c1-8-14-28(32(50)37(54)44-27-17-18-27)45-35(52)30-22-42(40(6,7)41(42)19-13-20-41)24-49(30)38(55)33(39(3,4)5)47-36(53)31(25-15-11-10-12-16-25)46-34(51)29-21-26(43)23-48(29)9-2/h25-31,33H,8-24H2,1-7H3,(H,44,54)(H,45,52)(H,46,51)(H,47,53)/t26-,28+,29+,30+,31+,33-,42-/m1/s1. The molecule has 308 valence electrons. The topological polar surface area (TPSA) is 157 Å². The largest absolute Gasteiger partial charge is 0.347 e. The third kappa shape index (κ3) is 7.68. The Balaban J connectivity index is 1.26. The second-order valence-electron chi connectivity index (χ2n) is 19.4. The summed E-state index contributed by atoms with van der Waals surface area (Å²) in [6.07, 6.45) is 9.49. The summed E-state index contributed by atoms with van der Waals surface area (Å²) in [6.45, 7) is 15.0. The Labute approximate surface area is 327 Å². The van der Waals surface area contributed by atoms with Gasteiger partial charge in [-0.2, -0.15) is 0 Å². The molecule has 6 aliphatic rings. The van der Waals surface area contributed by atoms with Gasteiger partial charge in [0.25, 0.3) is 5.91 Å². The van der Waals surface area contributed by atoms with Crippen molar-refractivity contribution < 1.29 is 33.2 Å². The van der Waals surface area contributed by atoms with Crippen LogP contribution in [0.2, 0.25) is 0 Å². The highest BCUT2D eigenvalue weighted by atomic mass is 19.1. The number of nitrogens with one attached hydrogen (secondary N) is 4. The van der Waals surface area contributed by atoms with Crippen LogP contribution < -0.4 is 21.3 Å². The molecule has 0 aromatic carbocycles. The van der Waals surface area contributed by atoms with E-state index in [-0.39, 0.29) is 53.0 Å². The summed E-state index contributed by atoms with van der Waals surface area (Å²) in [5.74, 6) is -3.14. The number of rotatable bonds is 14. The number of ketones is 1. The van der Waals surface area contributed by atoms with Gasteiger partial charge in [0, 0.05) is 31.0 Å². The number of alkyl halides is 1. The molecule has 7 atom stereocenters. The molecule has 2 aliphatic heterocycles. The van der Waals surface area contributed by atoms with Gasteiger partial charge in [0.2, 0.25) is 29.4 Å². The molecule has 0 unspecified atom stereocenters. The molecule has 4 N–H and O–H groups in total. The zero-order valence-electron chi connectivity index (χ0n) is 34.4. The molecule has 12 nitrogen and oxygen atoms in total. The maximum absolute atomic E-state index is 15.1. The number of halogens is 1. The van der Waals surface area contributed by atoms with Crippen LogP contribution in [-0.2, 0) is 28.8 Å². The summed E-state index contributed by atoms with van der Waals surface area (Å²) in [5.41, 5.74) is -1.17. The van der Waals surface area contributed by atoms with Crippen molar-refractivity contribution in [3.8, 4) is 0 Å². The lowest BCUT2D eigenvalue weighted by molar-refractivity contribution is -0.145. The second kappa shape index (κ2) is 15.7. The summed E-state index contributed by atoms with van der Waals surface area (Å²) in [4.78, 5) is 87.3. The van der Waals surface area contributed by atoms with E-state index in [1.165, 1.54) is 0 Å². The predicted octanol–water partition coefficient (Wildman–Crippen LogP) is 3.94. The van der Waals surface area contributed by atoms with Crippen molar-refractivity contribution >= 4 is 35.3 Å². The van der Waals surface area contributed by atoms with Gasteiger partial charge in [-0.25, -0.2) is 4.39 Å². The summed E-state index contributed by atoms with van der Waals surface area (Å²) < 4.78 is 14.5. The first-order valence-corrected chi connectivity index (χ1v) is 21.4. The van der Waals surface area contributed by atoms with E-state index in [0.29, 0.717) is 32.4 Å². The lowest BCUT2D eigenvalue weighted by atomic mass is 9.73. The molecule has 0 radical (unpaired) electrons. The molecule has 4 aliphatic carbocycles. The number of likely N-dealkylation sites (tertiary alicyclic amines) is 2. The average Bonchev–Trinajstić information content (AvgIpc) is 3.86. The van der Waals surface area contributed by atoms with E-state index in [0.717, 1.165) is 64.2 Å². The lowest BCUT2D eigenvalue weighted by Crippen LogP contribution is -2.62. The Morgan fingerprint density at radius 3 is 2.04 bits per heavy atom. The molecule has 6 rings (SSSR count). The lowest BCUT2D eigenvalue weighted by Gasteiger charge is -2.38. The van der Waals surface area contributed by atoms with Crippen LogP contribution in [0.4, 0.5) is 4.39 Å². The van der Waals surface area contributed by atoms with Gasteiger partial charge in [-0.1, -0.05) is 80.6 Å². The third-order valence-electron chi connectivity index (χ3n) is 14.9. The van der Waals surface area contributed by atoms with Crippen LogP contribution >= 0.6 is 0 Å². The van der Waals surface area contributed by atoms with Crippen LogP contribution in [0.1, 0.15) is 138 Å². The van der Waals surface area contributed by atoms with E-state index in [2.05, 4.69) is 35.1 Å². The van der Waals surface area contributed by atoms with Crippen LogP contribution in [0.25, 0.3) is 0 Å². The van der Waals surface area contributed by atoms with Gasteiger partial charge in [0.1, 0.15) is 24.3 Å². The Hall–Kier alpha value is -3.09. The molecule has 5 amide bonds. The van der Waals surface area contributed by atoms with Crippen LogP contribution in [0.3, 0.4) is 0 Å². The van der Waals surface area contributed by atoms with Crippen molar-refractivity contribution in [1.29, 1.82) is 0 Å². The van der Waals surface area contributed by atoms with Crippen molar-refractivity contribution in [2.24, 2.45) is 27.6 Å². The number of fused-ring (bicyclic) bond motifs is 1. The fraction of sp³-hybridized carbons (Fsp3) is 0.857. The zero-order chi connectivity index (χ0) is 40.1. The number of carbonyl (C=O) groups excluding carboxylic acids is 6. The first kappa shape index (κ1) is 41.5. The Bertz CT molecular complexity index is 1520. The van der Waals surface area contributed by atoms with Crippen molar-refractivity contribution in [3.05, 3.63) is 0 Å². The molecular weight excluding hydrogens is 703 g/mol. The third-order valence-corrected chi connectivity index (χ3v) is 14.9. The quantitative estimate of drug-likeness (QED) is 0.195. The van der Waals surface area contributed by atoms with Gasteiger partial charge in [-0.05, 0) is 80.1 Å². The highest BCUT2D eigenvalue weighted by molar-refractivity contribution is 6.38. The summed E-state index contributed by atoms with van der Waals surface area (Å²) in [5, 5.41) is 11.8. The zero-order valence-corrected chi connectivity index (χ0v) is 34.4. The fourth-order valence-electron chi connectivity index (χ4n) is 11.2. The molecule has 2 spiro atoms. The number of likely N-dealkylation sites (N-methyl/N-ethyl adjacent to an activating group) is 1. The van der Waals surface area contributed by atoms with E-state index in [4.69, 9.17) is 0 Å². The van der Waals surface area contributed by atoms with Crippen molar-refractivity contribution in [2.45, 2.75) is 181 Å². The SMILES string of the molecule is CCC[C@H](NC(=O)[C@@H]1C[C@@]2(CN1C(=O)[C@@H](NC(=O)[C@@H](NC(=O)[C@@H]1C[C@@H](F)CN1CC)C1CCCCC1)C(C)(C)C)C(C)(C)C21CCC1)C(=O)C(=O)NC1CC1. The molecule has 0 bridgehead atoms. The van der Waals surface area contributed by atoms with Gasteiger partial charge < -0.3 is 26.2 Å². The monoisotopic (exact) mass is 771 g/mol. The Morgan fingerprint density at radius 1 is 0.836 bits per heavy atom. The normalized spacial score (nSPS) is 30.3. The molecule has 2 saturated heterocycles. The molecule has 6 fully saturated rings. The van der Waals surface area contributed by atoms with Gasteiger partial charge in [-0.3, -0.25) is 33.7 Å². The summed E-state index contributed by atoms with van der Waals surface area (Å²) in [7, 11) is 0. The first-order valence-electron chi connectivity index (χ1n) is 21.4. The van der Waals surface area contributed by atoms with Crippen molar-refractivity contribution in [3.63, 3.8) is 0 Å². The highest BCUT2D eigenvalue weighted by Crippen LogP contribution is 2.88. The average molecular weight is 771 g/mol. The van der Waals surface area contributed by atoms with E-state index < -0.39 is 65.3 Å². The van der Waals surface area contributed by atoms with Crippen LogP contribution in [0.15, 0.2) is 0 Å². The summed E-state index contributed by atoms with van der Waals surface area (Å²) >= 11 is 0. The number of carbonyl (C=O) groups is 6. The Kier molecular flexibility index (Phi) is 11.8. The first-order chi connectivity index (χ1) is 25.9. The molecule has 2 heterocycles. The minimum Gasteiger partial charge on any atom is -0.347 e. The Morgan fingerprint density at radius 2 is 1.49 bits per heavy atom. The molecule has 0 aromatic rings. The number of nitrogens with zero attached hydrogens (tertiary/aromatic N) is 2. The predicted molar refractivity (Wildman–Crippen MR) is 206 cm³/mol. The summed E-state index contributed by atoms with van der Waals surface area (Å²) in [6, 6.07) is -4.49. The number of amides is 5. The van der Waals surface area contributed by atoms with Gasteiger partial charge in [0.05, 0.1) is 12.1 Å². The van der Waals surface area contributed by atoms with Crippen molar-refractivity contribution in [1.82, 2.24) is 31.1 Å². The van der Waals surface area contributed by atoms with Crippen LogP contribution in [0.5, 0.6) is 0 Å². The van der Waals surface area contributed by atoms with E-state index in [1.807, 2.05) is 34.6 Å². The molecule has 55 heavy (non-hydrogen) atoms. The number of Topliss-reactive ketones (excluding diaryl/α,β-unsaturated/α-hetero) is 1. The van der Waals surface area contributed by atoms with Crippen LogP contribution in [0, 0.1) is 27.6 Å². The number of hydrogen-bond donors (Lipinski definition) is 4. The van der Waals surface area contributed by atoms with E-state index in [9.17, 15) is 28.4 Å². The van der Waals surface area contributed by atoms with Crippen LogP contribution in [-0.4, -0.2) is 107 Å². The molecule has 13 heteroatoms. The van der Waals surface area contributed by atoms with Gasteiger partial charge in [0.15, 0.2) is 0 Å². The smallest absolute Gasteiger partial charge is 0.289 e. The number of hydrogen-bond acceptors (Lipinski definition) is 7. The van der Waals surface area contributed by atoms with E-state index in [1.54, 1.807) is 9.80 Å². The maximum atomic E-state index is 15.1. The van der Waals surface area contributed by atoms with Gasteiger partial charge >= 0.3 is 0 Å². The van der Waals surface area contributed by atoms with E-state index >= 15 is 4.79 Å². The molecular formula is C42H67FN6O6. The second-order valence-corrected chi connectivity index (χ2v) is 19.4. The molecule has 0 aromatic heterocycles.